The SMILES string of the molecule is NS(=O)(=O)c1ccccc1-c1ccc(NC(=O)[C@H]2CCCC[C@H]2NC(=O)c2ccc(Cl)s2)cc1. The maximum atomic E-state index is 13.1. The van der Waals surface area contributed by atoms with Crippen LogP contribution in [0.2, 0.25) is 4.34 Å². The Bertz CT molecular complexity index is 1310. The first-order chi connectivity index (χ1) is 16.2. The molecule has 34 heavy (non-hydrogen) atoms. The quantitative estimate of drug-likeness (QED) is 0.441. The van der Waals surface area contributed by atoms with Gasteiger partial charge in [0.05, 0.1) is 20.0 Å². The molecule has 3 aromatic rings. The van der Waals surface area contributed by atoms with Crippen LogP contribution in [0.3, 0.4) is 0 Å². The highest BCUT2D eigenvalue weighted by molar-refractivity contribution is 7.89. The highest BCUT2D eigenvalue weighted by Crippen LogP contribution is 2.30. The zero-order valence-corrected chi connectivity index (χ0v) is 20.6. The number of nitrogens with two attached hydrogens (primary N) is 1. The molecular weight excluding hydrogens is 494 g/mol. The molecule has 0 saturated heterocycles. The van der Waals surface area contributed by atoms with E-state index in [0.29, 0.717) is 32.4 Å². The first-order valence-corrected chi connectivity index (χ1v) is 13.6. The average molecular weight is 518 g/mol. The predicted octanol–water partition coefficient (Wildman–Crippen LogP) is 4.64. The highest BCUT2D eigenvalue weighted by atomic mass is 35.5. The second-order valence-electron chi connectivity index (χ2n) is 8.18. The smallest absolute Gasteiger partial charge is 0.261 e. The maximum Gasteiger partial charge on any atom is 0.261 e. The fourth-order valence-electron chi connectivity index (χ4n) is 4.21. The lowest BCUT2D eigenvalue weighted by Gasteiger charge is -2.31. The van der Waals surface area contributed by atoms with Crippen molar-refractivity contribution in [2.24, 2.45) is 11.1 Å². The molecule has 1 saturated carbocycles. The van der Waals surface area contributed by atoms with E-state index in [0.717, 1.165) is 19.3 Å². The van der Waals surface area contributed by atoms with Gasteiger partial charge in [0, 0.05) is 17.3 Å². The lowest BCUT2D eigenvalue weighted by molar-refractivity contribution is -0.121. The minimum absolute atomic E-state index is 0.0413. The second-order valence-corrected chi connectivity index (χ2v) is 11.4. The molecule has 10 heteroatoms. The molecule has 178 valence electrons. The Balaban J connectivity index is 1.46. The van der Waals surface area contributed by atoms with Gasteiger partial charge in [-0.25, -0.2) is 13.6 Å². The van der Waals surface area contributed by atoms with E-state index in [1.807, 2.05) is 0 Å². The third-order valence-electron chi connectivity index (χ3n) is 5.87. The lowest BCUT2D eigenvalue weighted by atomic mass is 9.83. The Morgan fingerprint density at radius 2 is 1.68 bits per heavy atom. The molecule has 1 heterocycles. The van der Waals surface area contributed by atoms with Crippen LogP contribution < -0.4 is 15.8 Å². The third-order valence-corrected chi connectivity index (χ3v) is 8.07. The van der Waals surface area contributed by atoms with Crippen LogP contribution in [0.4, 0.5) is 5.69 Å². The molecule has 0 spiro atoms. The Morgan fingerprint density at radius 3 is 2.35 bits per heavy atom. The van der Waals surface area contributed by atoms with Crippen LogP contribution in [0.15, 0.2) is 65.6 Å². The number of carbonyl (C=O) groups is 2. The molecule has 1 aliphatic carbocycles. The topological polar surface area (TPSA) is 118 Å². The molecule has 7 nitrogen and oxygen atoms in total. The first-order valence-electron chi connectivity index (χ1n) is 10.8. The number of sulfonamides is 1. The minimum atomic E-state index is -3.87. The summed E-state index contributed by atoms with van der Waals surface area (Å²) < 4.78 is 24.3. The van der Waals surface area contributed by atoms with Gasteiger partial charge in [-0.1, -0.05) is 54.8 Å². The van der Waals surface area contributed by atoms with Gasteiger partial charge in [-0.15, -0.1) is 11.3 Å². The number of hydrogen-bond acceptors (Lipinski definition) is 5. The summed E-state index contributed by atoms with van der Waals surface area (Å²) in [5, 5.41) is 11.3. The molecule has 1 aromatic heterocycles. The van der Waals surface area contributed by atoms with Crippen molar-refractivity contribution in [1.29, 1.82) is 0 Å². The molecule has 2 amide bonds. The van der Waals surface area contributed by atoms with Crippen LogP contribution in [0.1, 0.15) is 35.4 Å². The molecule has 0 radical (unpaired) electrons. The summed E-state index contributed by atoms with van der Waals surface area (Å²) in [6.45, 7) is 0. The number of halogens is 1. The van der Waals surface area contributed by atoms with E-state index >= 15 is 0 Å². The number of amides is 2. The van der Waals surface area contributed by atoms with Gasteiger partial charge in [0.2, 0.25) is 15.9 Å². The van der Waals surface area contributed by atoms with E-state index in [9.17, 15) is 18.0 Å². The van der Waals surface area contributed by atoms with Gasteiger partial charge in [-0.05, 0) is 48.7 Å². The Kier molecular flexibility index (Phi) is 7.37. The molecule has 1 aliphatic rings. The van der Waals surface area contributed by atoms with Crippen LogP contribution in [0, 0.1) is 5.92 Å². The monoisotopic (exact) mass is 517 g/mol. The van der Waals surface area contributed by atoms with Crippen molar-refractivity contribution in [3.05, 3.63) is 69.9 Å². The van der Waals surface area contributed by atoms with Crippen molar-refractivity contribution < 1.29 is 18.0 Å². The van der Waals surface area contributed by atoms with Crippen LogP contribution >= 0.6 is 22.9 Å². The number of primary sulfonamides is 1. The Labute approximate surface area is 207 Å². The number of rotatable bonds is 6. The second kappa shape index (κ2) is 10.3. The fraction of sp³-hybridized carbons (Fsp3) is 0.250. The van der Waals surface area contributed by atoms with Gasteiger partial charge in [0.25, 0.3) is 5.91 Å². The first kappa shape index (κ1) is 24.4. The van der Waals surface area contributed by atoms with Gasteiger partial charge >= 0.3 is 0 Å². The van der Waals surface area contributed by atoms with E-state index in [2.05, 4.69) is 10.6 Å². The standard InChI is InChI=1S/C24H24ClN3O4S2/c25-22-14-13-20(33-22)24(30)28-19-7-3-1-6-18(19)23(29)27-16-11-9-15(10-12-16)17-5-2-4-8-21(17)34(26,31)32/h2,4-5,8-14,18-19H,1,3,6-7H2,(H,27,29)(H,28,30)(H2,26,31,32)/t18-,19+/m0/s1. The van der Waals surface area contributed by atoms with E-state index in [1.165, 1.54) is 17.4 Å². The van der Waals surface area contributed by atoms with Crippen molar-refractivity contribution in [1.82, 2.24) is 5.32 Å². The summed E-state index contributed by atoms with van der Waals surface area (Å²) in [5.41, 5.74) is 1.74. The molecule has 2 atom stereocenters. The van der Waals surface area contributed by atoms with E-state index < -0.39 is 10.0 Å². The summed E-state index contributed by atoms with van der Waals surface area (Å²) in [6, 6.07) is 16.5. The van der Waals surface area contributed by atoms with Crippen molar-refractivity contribution >= 4 is 50.5 Å². The number of benzene rings is 2. The van der Waals surface area contributed by atoms with Crippen molar-refractivity contribution in [2.45, 2.75) is 36.6 Å². The number of thiophene rings is 1. The maximum absolute atomic E-state index is 13.1. The van der Waals surface area contributed by atoms with Crippen molar-refractivity contribution in [3.8, 4) is 11.1 Å². The number of nitrogens with one attached hydrogen (secondary N) is 2. The molecular formula is C24H24ClN3O4S2. The van der Waals surface area contributed by atoms with Gasteiger partial charge in [-0.3, -0.25) is 9.59 Å². The number of anilines is 1. The van der Waals surface area contributed by atoms with Crippen molar-refractivity contribution in [2.75, 3.05) is 5.32 Å². The highest BCUT2D eigenvalue weighted by Gasteiger charge is 2.32. The molecule has 0 unspecified atom stereocenters. The number of carbonyl (C=O) groups excluding carboxylic acids is 2. The van der Waals surface area contributed by atoms with Crippen LogP contribution in [0.25, 0.3) is 11.1 Å². The molecule has 1 fully saturated rings. The van der Waals surface area contributed by atoms with Crippen LogP contribution in [0.5, 0.6) is 0 Å². The summed E-state index contributed by atoms with van der Waals surface area (Å²) in [4.78, 5) is 26.2. The lowest BCUT2D eigenvalue weighted by Crippen LogP contribution is -2.46. The van der Waals surface area contributed by atoms with Gasteiger partial charge in [0.15, 0.2) is 0 Å². The van der Waals surface area contributed by atoms with E-state index in [1.54, 1.807) is 54.6 Å². The summed E-state index contributed by atoms with van der Waals surface area (Å²) in [6.07, 6.45) is 3.27. The van der Waals surface area contributed by atoms with Gasteiger partial charge in [0.1, 0.15) is 0 Å². The van der Waals surface area contributed by atoms with Crippen LogP contribution in [-0.4, -0.2) is 26.3 Å². The van der Waals surface area contributed by atoms with Gasteiger partial charge in [-0.2, -0.15) is 0 Å². The van der Waals surface area contributed by atoms with Crippen molar-refractivity contribution in [3.63, 3.8) is 0 Å². The Morgan fingerprint density at radius 1 is 0.971 bits per heavy atom. The normalized spacial score (nSPS) is 18.3. The van der Waals surface area contributed by atoms with E-state index in [-0.39, 0.29) is 28.7 Å². The van der Waals surface area contributed by atoms with E-state index in [4.69, 9.17) is 16.7 Å². The zero-order chi connectivity index (χ0) is 24.3. The fourth-order valence-corrected chi connectivity index (χ4v) is 5.92. The predicted molar refractivity (Wildman–Crippen MR) is 134 cm³/mol. The van der Waals surface area contributed by atoms with Crippen LogP contribution in [-0.2, 0) is 14.8 Å². The summed E-state index contributed by atoms with van der Waals surface area (Å²) in [5.74, 6) is -0.734. The number of hydrogen-bond donors (Lipinski definition) is 3. The largest absolute Gasteiger partial charge is 0.348 e. The van der Waals surface area contributed by atoms with Gasteiger partial charge < -0.3 is 10.6 Å². The molecule has 4 N–H and O–H groups in total. The molecule has 0 aliphatic heterocycles. The average Bonchev–Trinajstić information content (AvgIpc) is 3.26. The summed E-state index contributed by atoms with van der Waals surface area (Å²) >= 11 is 7.14. The summed E-state index contributed by atoms with van der Waals surface area (Å²) in [7, 11) is -3.87. The minimum Gasteiger partial charge on any atom is -0.348 e. The molecule has 2 aromatic carbocycles. The third kappa shape index (κ3) is 5.67. The zero-order valence-electron chi connectivity index (χ0n) is 18.2. The molecule has 0 bridgehead atoms. The Hall–Kier alpha value is -2.72. The molecule has 4 rings (SSSR count).